The van der Waals surface area contributed by atoms with Gasteiger partial charge in [-0.25, -0.2) is 9.07 Å². The van der Waals surface area contributed by atoms with Gasteiger partial charge in [-0.05, 0) is 54.1 Å². The summed E-state index contributed by atoms with van der Waals surface area (Å²) in [6, 6.07) is 21.4. The van der Waals surface area contributed by atoms with Gasteiger partial charge in [0.2, 0.25) is 5.91 Å². The standard InChI is InChI=1S/C29H24F4N4O2/c30-23-11-9-21(10-12-23)26-18-25(20-5-2-1-3-6-20)28(39)37(34-26)19-27(38)36-15-13-35(14-16-36)24-8-4-7-22(17-24)29(31,32)33/h1-12,17-18H,13-16,19H2. The van der Waals surface area contributed by atoms with Gasteiger partial charge in [0.25, 0.3) is 5.56 Å². The highest BCUT2D eigenvalue weighted by molar-refractivity contribution is 5.77. The first kappa shape index (κ1) is 26.1. The Morgan fingerprint density at radius 3 is 2.18 bits per heavy atom. The van der Waals surface area contributed by atoms with Crippen LogP contribution in [0.25, 0.3) is 22.4 Å². The SMILES string of the molecule is O=C(Cn1nc(-c2ccc(F)cc2)cc(-c2ccccc2)c1=O)N1CCN(c2cccc(C(F)(F)F)c2)CC1. The third-order valence-electron chi connectivity index (χ3n) is 6.66. The third-order valence-corrected chi connectivity index (χ3v) is 6.66. The van der Waals surface area contributed by atoms with Crippen LogP contribution in [0.1, 0.15) is 5.56 Å². The van der Waals surface area contributed by atoms with Crippen LogP contribution in [0.15, 0.2) is 89.7 Å². The smallest absolute Gasteiger partial charge is 0.368 e. The first-order valence-corrected chi connectivity index (χ1v) is 12.3. The minimum Gasteiger partial charge on any atom is -0.368 e. The predicted molar refractivity (Wildman–Crippen MR) is 140 cm³/mol. The summed E-state index contributed by atoms with van der Waals surface area (Å²) in [5.41, 5.74) is 1.29. The van der Waals surface area contributed by atoms with E-state index in [2.05, 4.69) is 5.10 Å². The Morgan fingerprint density at radius 1 is 0.821 bits per heavy atom. The molecule has 2 heterocycles. The molecule has 200 valence electrons. The minimum absolute atomic E-state index is 0.285. The second kappa shape index (κ2) is 10.7. The number of alkyl halides is 3. The molecule has 10 heteroatoms. The Kier molecular flexibility index (Phi) is 7.19. The van der Waals surface area contributed by atoms with Crippen LogP contribution in [0.3, 0.4) is 0 Å². The maximum Gasteiger partial charge on any atom is 0.416 e. The highest BCUT2D eigenvalue weighted by Crippen LogP contribution is 2.32. The van der Waals surface area contributed by atoms with Crippen molar-refractivity contribution in [3.05, 3.63) is 107 Å². The van der Waals surface area contributed by atoms with Crippen molar-refractivity contribution in [1.29, 1.82) is 0 Å². The molecule has 39 heavy (non-hydrogen) atoms. The van der Waals surface area contributed by atoms with Crippen LogP contribution in [-0.4, -0.2) is 46.8 Å². The lowest BCUT2D eigenvalue weighted by atomic mass is 10.0. The number of piperazine rings is 1. The molecule has 0 spiro atoms. The van der Waals surface area contributed by atoms with Gasteiger partial charge >= 0.3 is 6.18 Å². The molecule has 4 aromatic rings. The Labute approximate surface area is 221 Å². The average molecular weight is 537 g/mol. The van der Waals surface area contributed by atoms with E-state index in [0.717, 1.165) is 16.8 Å². The first-order valence-electron chi connectivity index (χ1n) is 12.3. The van der Waals surface area contributed by atoms with Crippen LogP contribution >= 0.6 is 0 Å². The topological polar surface area (TPSA) is 58.4 Å². The normalized spacial score (nSPS) is 13.9. The number of anilines is 1. The fourth-order valence-corrected chi connectivity index (χ4v) is 4.56. The van der Waals surface area contributed by atoms with Crippen molar-refractivity contribution in [3.8, 4) is 22.4 Å². The number of amides is 1. The summed E-state index contributed by atoms with van der Waals surface area (Å²) in [6.07, 6.45) is -4.44. The van der Waals surface area contributed by atoms with Crippen molar-refractivity contribution in [1.82, 2.24) is 14.7 Å². The zero-order valence-electron chi connectivity index (χ0n) is 20.7. The molecule has 0 bridgehead atoms. The van der Waals surface area contributed by atoms with Crippen LogP contribution in [0.4, 0.5) is 23.2 Å². The van der Waals surface area contributed by atoms with Crippen LogP contribution < -0.4 is 10.5 Å². The van der Waals surface area contributed by atoms with E-state index in [4.69, 9.17) is 0 Å². The molecule has 0 unspecified atom stereocenters. The van der Waals surface area contributed by atoms with Crippen molar-refractivity contribution in [3.63, 3.8) is 0 Å². The number of hydrogen-bond acceptors (Lipinski definition) is 4. The van der Waals surface area contributed by atoms with Gasteiger partial charge in [0.1, 0.15) is 12.4 Å². The molecular weight excluding hydrogens is 512 g/mol. The molecule has 5 rings (SSSR count). The summed E-state index contributed by atoms with van der Waals surface area (Å²) in [5, 5.41) is 4.41. The van der Waals surface area contributed by atoms with Gasteiger partial charge in [0.05, 0.1) is 16.8 Å². The lowest BCUT2D eigenvalue weighted by molar-refractivity contribution is -0.137. The van der Waals surface area contributed by atoms with E-state index >= 15 is 0 Å². The van der Waals surface area contributed by atoms with Gasteiger partial charge in [0.15, 0.2) is 0 Å². The van der Waals surface area contributed by atoms with Crippen LogP contribution in [0.2, 0.25) is 0 Å². The Bertz CT molecular complexity index is 1530. The fraction of sp³-hybridized carbons (Fsp3) is 0.207. The molecule has 0 aliphatic carbocycles. The molecule has 0 saturated carbocycles. The Hall–Kier alpha value is -4.47. The van der Waals surface area contributed by atoms with Crippen molar-refractivity contribution >= 4 is 11.6 Å². The Balaban J connectivity index is 1.36. The van der Waals surface area contributed by atoms with Crippen LogP contribution in [0, 0.1) is 5.82 Å². The van der Waals surface area contributed by atoms with E-state index in [9.17, 15) is 27.2 Å². The van der Waals surface area contributed by atoms with Crippen molar-refractivity contribution in [2.75, 3.05) is 31.1 Å². The number of aromatic nitrogens is 2. The average Bonchev–Trinajstić information content (AvgIpc) is 2.95. The number of benzene rings is 3. The summed E-state index contributed by atoms with van der Waals surface area (Å²) in [5.74, 6) is -0.738. The largest absolute Gasteiger partial charge is 0.416 e. The molecule has 0 radical (unpaired) electrons. The van der Waals surface area contributed by atoms with Crippen molar-refractivity contribution < 1.29 is 22.4 Å². The summed E-state index contributed by atoms with van der Waals surface area (Å²) in [4.78, 5) is 29.9. The van der Waals surface area contributed by atoms with E-state index in [-0.39, 0.29) is 25.5 Å². The molecule has 1 amide bonds. The van der Waals surface area contributed by atoms with Gasteiger partial charge in [-0.3, -0.25) is 9.59 Å². The molecule has 3 aromatic carbocycles. The summed E-state index contributed by atoms with van der Waals surface area (Å²) in [6.45, 7) is 0.956. The molecule has 0 N–H and O–H groups in total. The molecule has 1 fully saturated rings. The van der Waals surface area contributed by atoms with Crippen molar-refractivity contribution in [2.45, 2.75) is 12.7 Å². The summed E-state index contributed by atoms with van der Waals surface area (Å²) in [7, 11) is 0. The molecule has 6 nitrogen and oxygen atoms in total. The van der Waals surface area contributed by atoms with Gasteiger partial charge in [0, 0.05) is 37.4 Å². The summed E-state index contributed by atoms with van der Waals surface area (Å²) >= 11 is 0. The van der Waals surface area contributed by atoms with Gasteiger partial charge < -0.3 is 9.80 Å². The number of halogens is 4. The number of rotatable bonds is 5. The van der Waals surface area contributed by atoms with E-state index in [1.54, 1.807) is 58.3 Å². The lowest BCUT2D eigenvalue weighted by Crippen LogP contribution is -2.50. The third kappa shape index (κ3) is 5.84. The van der Waals surface area contributed by atoms with E-state index < -0.39 is 23.1 Å². The zero-order chi connectivity index (χ0) is 27.6. The Morgan fingerprint density at radius 2 is 1.51 bits per heavy atom. The van der Waals surface area contributed by atoms with Gasteiger partial charge in [-0.2, -0.15) is 18.3 Å². The van der Waals surface area contributed by atoms with Crippen LogP contribution in [-0.2, 0) is 17.5 Å². The van der Waals surface area contributed by atoms with E-state index in [0.29, 0.717) is 41.2 Å². The second-order valence-corrected chi connectivity index (χ2v) is 9.19. The second-order valence-electron chi connectivity index (χ2n) is 9.19. The maximum absolute atomic E-state index is 13.5. The van der Waals surface area contributed by atoms with Crippen molar-refractivity contribution in [2.24, 2.45) is 0 Å². The lowest BCUT2D eigenvalue weighted by Gasteiger charge is -2.36. The quantitative estimate of drug-likeness (QED) is 0.334. The van der Waals surface area contributed by atoms with Crippen LogP contribution in [0.5, 0.6) is 0 Å². The van der Waals surface area contributed by atoms with Gasteiger partial charge in [-0.1, -0.05) is 36.4 Å². The molecule has 1 saturated heterocycles. The number of nitrogens with zero attached hydrogens (tertiary/aromatic N) is 4. The molecule has 1 aliphatic heterocycles. The maximum atomic E-state index is 13.5. The first-order chi connectivity index (χ1) is 18.7. The predicted octanol–water partition coefficient (Wildman–Crippen LogP) is 5.08. The summed E-state index contributed by atoms with van der Waals surface area (Å²) < 4.78 is 53.9. The highest BCUT2D eigenvalue weighted by Gasteiger charge is 2.31. The van der Waals surface area contributed by atoms with E-state index in [1.165, 1.54) is 18.2 Å². The highest BCUT2D eigenvalue weighted by atomic mass is 19.4. The van der Waals surface area contributed by atoms with E-state index in [1.807, 2.05) is 6.07 Å². The zero-order valence-corrected chi connectivity index (χ0v) is 20.7. The number of hydrogen-bond donors (Lipinski definition) is 0. The molecule has 1 aromatic heterocycles. The molecule has 1 aliphatic rings. The monoisotopic (exact) mass is 536 g/mol. The number of carbonyl (C=O) groups is 1. The minimum atomic E-state index is -4.44. The fourth-order valence-electron chi connectivity index (χ4n) is 4.56. The number of carbonyl (C=O) groups excluding carboxylic acids is 1. The molecule has 0 atom stereocenters. The van der Waals surface area contributed by atoms with Gasteiger partial charge in [-0.15, -0.1) is 0 Å². The molecular formula is C29H24F4N4O2.